The van der Waals surface area contributed by atoms with Crippen LogP contribution in [-0.2, 0) is 53.5 Å². The average molecular weight is 695 g/mol. The molecular weight excluding hydrogens is 672 g/mol. The summed E-state index contributed by atoms with van der Waals surface area (Å²) in [6.07, 6.45) is -2.47. The number of phosphoric ester groups is 1. The van der Waals surface area contributed by atoms with Gasteiger partial charge in [0, 0.05) is 6.00 Å². The van der Waals surface area contributed by atoms with Crippen LogP contribution >= 0.6 is 49.5 Å². The predicted molar refractivity (Wildman–Crippen MR) is 129 cm³/mol. The average Bonchev–Trinajstić information content (AvgIpc) is 3.27. The summed E-state index contributed by atoms with van der Waals surface area (Å²) in [6, 6.07) is -0.330. The molecule has 0 aliphatic carbocycles. The van der Waals surface area contributed by atoms with Crippen molar-refractivity contribution in [1.82, 2.24) is 9.55 Å². The molecule has 0 saturated carbocycles. The van der Waals surface area contributed by atoms with Crippen LogP contribution in [0.25, 0.3) is 0 Å². The molecule has 193 valence electrons. The number of H-pyrrole nitrogens is 1. The van der Waals surface area contributed by atoms with Crippen LogP contribution in [0.5, 0.6) is 0 Å². The van der Waals surface area contributed by atoms with E-state index in [-0.39, 0.29) is 29.7 Å². The van der Waals surface area contributed by atoms with E-state index in [9.17, 15) is 28.5 Å². The van der Waals surface area contributed by atoms with Gasteiger partial charge in [-0.3, -0.25) is 4.52 Å². The Hall–Kier alpha value is 0.524. The van der Waals surface area contributed by atoms with E-state index in [0.717, 1.165) is 0 Å². The van der Waals surface area contributed by atoms with Gasteiger partial charge in [-0.05, 0) is 6.42 Å². The minimum absolute atomic E-state index is 0.0418. The number of rotatable bonds is 10. The number of alkyl halides is 1. The van der Waals surface area contributed by atoms with Crippen LogP contribution in [0.4, 0.5) is 0 Å². The SMILES string of the molecule is BC1CC(OP(=O)(O)S)C(COP(=O)(O)OC2CC(n3cc([CH2][Fe])c(=O)[nH]c3=O)OC2CI)O1. The number of thiol groups is 1. The summed E-state index contributed by atoms with van der Waals surface area (Å²) in [6.45, 7) is -4.54. The Bertz CT molecular complexity index is 1090. The molecule has 0 amide bonds. The molecule has 2 fully saturated rings. The maximum absolute atomic E-state index is 12.6. The van der Waals surface area contributed by atoms with E-state index in [1.807, 2.05) is 22.6 Å². The number of ether oxygens (including phenoxy) is 2. The molecule has 1 aromatic heterocycles. The third-order valence-electron chi connectivity index (χ3n) is 5.15. The zero-order chi connectivity index (χ0) is 25.3. The molecule has 3 heterocycles. The van der Waals surface area contributed by atoms with E-state index in [0.29, 0.717) is 4.43 Å². The first kappa shape index (κ1) is 29.1. The molecule has 0 bridgehead atoms. The van der Waals surface area contributed by atoms with Crippen molar-refractivity contribution in [1.29, 1.82) is 0 Å². The van der Waals surface area contributed by atoms with E-state index in [2.05, 4.69) is 33.2 Å². The molecule has 3 N–H and O–H groups in total. The number of aromatic amines is 1. The van der Waals surface area contributed by atoms with Crippen LogP contribution in [0.1, 0.15) is 24.6 Å². The van der Waals surface area contributed by atoms with Gasteiger partial charge in [-0.15, -0.1) is 0 Å². The fourth-order valence-electron chi connectivity index (χ4n) is 3.67. The zero-order valence-corrected chi connectivity index (χ0v) is 23.6. The fraction of sp³-hybridized carbons (Fsp3) is 0.733. The summed E-state index contributed by atoms with van der Waals surface area (Å²) in [5.74, 6) is 0. The van der Waals surface area contributed by atoms with E-state index >= 15 is 0 Å². The molecule has 0 radical (unpaired) electrons. The Labute approximate surface area is 222 Å². The summed E-state index contributed by atoms with van der Waals surface area (Å²) in [4.78, 5) is 45.9. The van der Waals surface area contributed by atoms with Crippen molar-refractivity contribution in [3.05, 3.63) is 32.6 Å². The molecule has 3 rings (SSSR count). The van der Waals surface area contributed by atoms with Crippen LogP contribution < -0.4 is 11.2 Å². The zero-order valence-electron chi connectivity index (χ0n) is 17.7. The van der Waals surface area contributed by atoms with Gasteiger partial charge in [-0.1, -0.05) is 12.2 Å². The minimum Gasteiger partial charge on any atom is -0.379 e. The van der Waals surface area contributed by atoms with Crippen LogP contribution in [0.3, 0.4) is 0 Å². The Morgan fingerprint density at radius 1 is 1.24 bits per heavy atom. The number of halogens is 1. The van der Waals surface area contributed by atoms with Gasteiger partial charge in [0.05, 0.1) is 6.10 Å². The third-order valence-corrected chi connectivity index (χ3v) is 8.28. The van der Waals surface area contributed by atoms with E-state index in [1.54, 1.807) is 7.85 Å². The van der Waals surface area contributed by atoms with Crippen LogP contribution in [0.2, 0.25) is 0 Å². The number of hydrogen-bond donors (Lipinski definition) is 4. The Balaban J connectivity index is 1.66. The fourth-order valence-corrected chi connectivity index (χ4v) is 6.63. The predicted octanol–water partition coefficient (Wildman–Crippen LogP) is -0.0284. The van der Waals surface area contributed by atoms with Gasteiger partial charge in [0.15, 0.2) is 0 Å². The number of aromatic nitrogens is 2. The maximum atomic E-state index is 12.6. The van der Waals surface area contributed by atoms with Crippen molar-refractivity contribution >= 4 is 57.3 Å². The first-order chi connectivity index (χ1) is 15.8. The first-order valence-corrected chi connectivity index (χ1v) is 16.5. The van der Waals surface area contributed by atoms with Gasteiger partial charge in [0.25, 0.3) is 0 Å². The van der Waals surface area contributed by atoms with Crippen molar-refractivity contribution in [2.45, 2.75) is 54.8 Å². The molecule has 1 aromatic rings. The van der Waals surface area contributed by atoms with E-state index in [1.165, 1.54) is 10.8 Å². The number of nitrogens with zero attached hydrogens (tertiary/aromatic N) is 1. The summed E-state index contributed by atoms with van der Waals surface area (Å²) in [7, 11) is -2.91. The van der Waals surface area contributed by atoms with Gasteiger partial charge < -0.3 is 9.63 Å². The van der Waals surface area contributed by atoms with Gasteiger partial charge in [-0.2, -0.15) is 0 Å². The number of hydrogen-bond acceptors (Lipinski definition) is 9. The van der Waals surface area contributed by atoms with Crippen molar-refractivity contribution in [2.24, 2.45) is 0 Å². The van der Waals surface area contributed by atoms with Crippen LogP contribution in [-0.4, -0.2) is 68.6 Å². The second kappa shape index (κ2) is 11.9. The second-order valence-electron chi connectivity index (χ2n) is 7.73. The van der Waals surface area contributed by atoms with Crippen molar-refractivity contribution in [3.63, 3.8) is 0 Å². The Morgan fingerprint density at radius 2 is 1.91 bits per heavy atom. The van der Waals surface area contributed by atoms with Crippen molar-refractivity contribution in [3.8, 4) is 0 Å². The molecule has 2 aliphatic rings. The second-order valence-corrected chi connectivity index (χ2v) is 13.1. The Morgan fingerprint density at radius 3 is 2.53 bits per heavy atom. The maximum Gasteiger partial charge on any atom is -0.379 e. The molecule has 8 atom stereocenters. The number of phosphoric acid groups is 1. The standard InChI is InChI=1S/C15H23BIN2O11P2S.Fe/c1-7-5-19(15(21)18-14(7)20)13-3-9(10(4-17)28-13)29-31(22,23)26-6-11-8(2-12(16)27-11)30-32(24,25)33;/h5,8-13H,1-4,6,16H2,(H,22,23)(H,18,20,21)(H2,24,25,33);. The molecule has 8 unspecified atom stereocenters. The van der Waals surface area contributed by atoms with Gasteiger partial charge in [-0.25, -0.2) is 4.57 Å². The summed E-state index contributed by atoms with van der Waals surface area (Å²) in [5, 5.41) is 0.156. The molecule has 34 heavy (non-hydrogen) atoms. The molecule has 13 nitrogen and oxygen atoms in total. The Kier molecular flexibility index (Phi) is 10.2. The number of nitrogens with one attached hydrogen (secondary N) is 1. The van der Waals surface area contributed by atoms with E-state index < -0.39 is 63.1 Å². The molecule has 0 aromatic carbocycles. The van der Waals surface area contributed by atoms with E-state index in [4.69, 9.17) is 23.0 Å². The monoisotopic (exact) mass is 695 g/mol. The molecular formula is C15H23BFeIN2O11P2S. The molecule has 2 aliphatic heterocycles. The summed E-state index contributed by atoms with van der Waals surface area (Å²) in [5.41, 5.74) is -0.944. The van der Waals surface area contributed by atoms with Crippen LogP contribution in [0, 0.1) is 0 Å². The molecule has 2 saturated heterocycles. The summed E-state index contributed by atoms with van der Waals surface area (Å²) >= 11 is 9.16. The van der Waals surface area contributed by atoms with Gasteiger partial charge in [0.2, 0.25) is 0 Å². The van der Waals surface area contributed by atoms with Crippen molar-refractivity contribution < 1.29 is 58.0 Å². The smallest absolute Gasteiger partial charge is 0.379 e. The van der Waals surface area contributed by atoms with Crippen LogP contribution in [0.15, 0.2) is 15.8 Å². The minimum atomic E-state index is -4.62. The molecule has 0 spiro atoms. The quantitative estimate of drug-likeness (QED) is 0.0851. The van der Waals surface area contributed by atoms with Gasteiger partial charge >= 0.3 is 166 Å². The summed E-state index contributed by atoms with van der Waals surface area (Å²) < 4.78 is 52.5. The topological polar surface area (TPSA) is 176 Å². The first-order valence-electron chi connectivity index (χ1n) is 9.97. The third kappa shape index (κ3) is 7.76. The largest absolute Gasteiger partial charge is 0.379 e. The normalized spacial score (nSPS) is 33.0. The van der Waals surface area contributed by atoms with Crippen molar-refractivity contribution in [2.75, 3.05) is 11.0 Å². The van der Waals surface area contributed by atoms with Gasteiger partial charge in [0.1, 0.15) is 7.85 Å². The molecule has 19 heteroatoms.